The molecule has 1 unspecified atom stereocenters. The Bertz CT molecular complexity index is 1030. The van der Waals surface area contributed by atoms with Crippen molar-refractivity contribution in [1.29, 1.82) is 0 Å². The van der Waals surface area contributed by atoms with Gasteiger partial charge in [-0.15, -0.1) is 0 Å². The van der Waals surface area contributed by atoms with Gasteiger partial charge in [-0.25, -0.2) is 13.2 Å². The van der Waals surface area contributed by atoms with Crippen LogP contribution >= 0.6 is 0 Å². The first-order chi connectivity index (χ1) is 14.9. The van der Waals surface area contributed by atoms with Crippen molar-refractivity contribution in [3.8, 4) is 0 Å². The van der Waals surface area contributed by atoms with Crippen LogP contribution in [0.15, 0.2) is 42.6 Å². The lowest BCUT2D eigenvalue weighted by molar-refractivity contribution is 0.0170. The first-order valence-electron chi connectivity index (χ1n) is 10.7. The molecule has 1 saturated heterocycles. The Kier molecular flexibility index (Phi) is 6.34. The monoisotopic (exact) mass is 431 g/mol. The first kappa shape index (κ1) is 21.8. The molecule has 4 rings (SSSR count). The number of aromatic nitrogens is 2. The fourth-order valence-electron chi connectivity index (χ4n) is 4.60. The van der Waals surface area contributed by atoms with Crippen molar-refractivity contribution in [3.05, 3.63) is 65.1 Å². The molecule has 1 aliphatic heterocycles. The third-order valence-electron chi connectivity index (χ3n) is 6.28. The van der Waals surface area contributed by atoms with Gasteiger partial charge in [-0.3, -0.25) is 4.68 Å². The van der Waals surface area contributed by atoms with Gasteiger partial charge in [-0.2, -0.15) is 5.10 Å². The molecule has 2 aromatic carbocycles. The van der Waals surface area contributed by atoms with Gasteiger partial charge in [-0.1, -0.05) is 18.2 Å². The lowest BCUT2D eigenvalue weighted by atomic mass is 9.74. The number of nitrogens with zero attached hydrogens (tertiary/aromatic N) is 2. The molecule has 4 nitrogen and oxygen atoms in total. The average molecular weight is 432 g/mol. The van der Waals surface area contributed by atoms with E-state index in [0.29, 0.717) is 12.1 Å². The molecule has 0 bridgehead atoms. The van der Waals surface area contributed by atoms with Crippen LogP contribution in [-0.2, 0) is 16.7 Å². The molecule has 0 aliphatic carbocycles. The molecule has 7 heteroatoms. The van der Waals surface area contributed by atoms with Gasteiger partial charge >= 0.3 is 0 Å². The maximum Gasteiger partial charge on any atom is 0.257 e. The second-order valence-electron chi connectivity index (χ2n) is 8.50. The minimum Gasteiger partial charge on any atom is -0.373 e. The molecule has 0 saturated carbocycles. The Hall–Kier alpha value is -2.38. The zero-order chi connectivity index (χ0) is 22.0. The van der Waals surface area contributed by atoms with Crippen molar-refractivity contribution in [2.45, 2.75) is 51.2 Å². The molecule has 166 valence electrons. The van der Waals surface area contributed by atoms with Gasteiger partial charge in [0.05, 0.1) is 24.4 Å². The zero-order valence-corrected chi connectivity index (χ0v) is 17.9. The molecule has 1 aromatic heterocycles. The van der Waals surface area contributed by atoms with Crippen molar-refractivity contribution in [1.82, 2.24) is 15.1 Å². The predicted molar refractivity (Wildman–Crippen MR) is 115 cm³/mol. The Morgan fingerprint density at radius 2 is 1.87 bits per heavy atom. The summed E-state index contributed by atoms with van der Waals surface area (Å²) in [4.78, 5) is 0. The zero-order valence-electron chi connectivity index (χ0n) is 17.9. The van der Waals surface area contributed by atoms with E-state index in [4.69, 9.17) is 4.74 Å². The molecule has 0 spiro atoms. The number of aryl methyl sites for hydroxylation is 1. The summed E-state index contributed by atoms with van der Waals surface area (Å²) < 4.78 is 47.4. The number of rotatable bonds is 7. The van der Waals surface area contributed by atoms with Crippen LogP contribution in [0.2, 0.25) is 0 Å². The Morgan fingerprint density at radius 3 is 2.55 bits per heavy atom. The standard InChI is InChI=1S/C24H28F3N3O/c1-16-11-18-13-29-30(14-22(26)27)23(18)21(12-16)17(2)31-15-24(7-9-28-10-8-24)19-3-5-20(25)6-4-19/h3-6,11-13,17,22,28H,7-10,14-15H2,1-2H3. The average Bonchev–Trinajstić information content (AvgIpc) is 3.14. The molecule has 0 radical (unpaired) electrons. The van der Waals surface area contributed by atoms with E-state index < -0.39 is 13.0 Å². The van der Waals surface area contributed by atoms with E-state index in [-0.39, 0.29) is 17.3 Å². The van der Waals surface area contributed by atoms with Crippen molar-refractivity contribution in [2.75, 3.05) is 19.7 Å². The summed E-state index contributed by atoms with van der Waals surface area (Å²) in [5, 5.41) is 8.39. The fourth-order valence-corrected chi connectivity index (χ4v) is 4.60. The lowest BCUT2D eigenvalue weighted by Crippen LogP contribution is -2.43. The summed E-state index contributed by atoms with van der Waals surface area (Å²) in [5.74, 6) is -0.253. The summed E-state index contributed by atoms with van der Waals surface area (Å²) >= 11 is 0. The highest BCUT2D eigenvalue weighted by atomic mass is 19.3. The predicted octanol–water partition coefficient (Wildman–Crippen LogP) is 5.15. The molecule has 1 fully saturated rings. The van der Waals surface area contributed by atoms with Crippen LogP contribution in [0.3, 0.4) is 0 Å². The smallest absolute Gasteiger partial charge is 0.257 e. The van der Waals surface area contributed by atoms with Gasteiger partial charge in [-0.05, 0) is 69.1 Å². The summed E-state index contributed by atoms with van der Waals surface area (Å²) in [6.07, 6.45) is 0.622. The SMILES string of the molecule is Cc1cc(C(C)OCC2(c3ccc(F)cc3)CCNCC2)c2c(cnn2CC(F)F)c1. The van der Waals surface area contributed by atoms with Crippen LogP contribution in [0, 0.1) is 12.7 Å². The van der Waals surface area contributed by atoms with E-state index in [1.807, 2.05) is 38.1 Å². The van der Waals surface area contributed by atoms with Crippen molar-refractivity contribution in [2.24, 2.45) is 0 Å². The molecule has 3 aromatic rings. The van der Waals surface area contributed by atoms with Crippen LogP contribution in [0.4, 0.5) is 13.2 Å². The topological polar surface area (TPSA) is 39.1 Å². The van der Waals surface area contributed by atoms with Gasteiger partial charge in [0.25, 0.3) is 6.43 Å². The number of nitrogens with one attached hydrogen (secondary N) is 1. The number of ether oxygens (including phenoxy) is 1. The highest BCUT2D eigenvalue weighted by Crippen LogP contribution is 2.36. The van der Waals surface area contributed by atoms with E-state index in [1.54, 1.807) is 6.20 Å². The van der Waals surface area contributed by atoms with E-state index >= 15 is 0 Å². The van der Waals surface area contributed by atoms with Gasteiger partial charge in [0.1, 0.15) is 12.4 Å². The number of hydrogen-bond acceptors (Lipinski definition) is 3. The maximum atomic E-state index is 13.5. The molecular weight excluding hydrogens is 403 g/mol. The summed E-state index contributed by atoms with van der Waals surface area (Å²) in [7, 11) is 0. The number of fused-ring (bicyclic) bond motifs is 1. The van der Waals surface area contributed by atoms with E-state index in [2.05, 4.69) is 10.4 Å². The highest BCUT2D eigenvalue weighted by molar-refractivity contribution is 5.83. The number of halogens is 3. The third kappa shape index (κ3) is 4.62. The van der Waals surface area contributed by atoms with Gasteiger partial charge < -0.3 is 10.1 Å². The second-order valence-corrected chi connectivity index (χ2v) is 8.50. The van der Waals surface area contributed by atoms with Gasteiger partial charge in [0.2, 0.25) is 0 Å². The maximum absolute atomic E-state index is 13.5. The van der Waals surface area contributed by atoms with Gasteiger partial charge in [0, 0.05) is 16.4 Å². The van der Waals surface area contributed by atoms with Crippen LogP contribution in [0.1, 0.15) is 42.6 Å². The molecule has 1 atom stereocenters. The van der Waals surface area contributed by atoms with Crippen molar-refractivity contribution < 1.29 is 17.9 Å². The van der Waals surface area contributed by atoms with Crippen LogP contribution in [-0.4, -0.2) is 35.9 Å². The number of benzene rings is 2. The number of alkyl halides is 2. The Labute approximate surface area is 180 Å². The molecule has 31 heavy (non-hydrogen) atoms. The molecule has 1 N–H and O–H groups in total. The molecule has 0 amide bonds. The fraction of sp³-hybridized carbons (Fsp3) is 0.458. The molecular formula is C24H28F3N3O. The Balaban J connectivity index is 1.62. The first-order valence-corrected chi connectivity index (χ1v) is 10.7. The van der Waals surface area contributed by atoms with E-state index in [0.717, 1.165) is 48.0 Å². The Morgan fingerprint density at radius 1 is 1.16 bits per heavy atom. The third-order valence-corrected chi connectivity index (χ3v) is 6.28. The van der Waals surface area contributed by atoms with E-state index in [9.17, 15) is 13.2 Å². The van der Waals surface area contributed by atoms with Crippen molar-refractivity contribution in [3.63, 3.8) is 0 Å². The normalized spacial score (nSPS) is 17.4. The quantitative estimate of drug-likeness (QED) is 0.563. The molecule has 2 heterocycles. The van der Waals surface area contributed by atoms with Crippen LogP contribution < -0.4 is 5.32 Å². The summed E-state index contributed by atoms with van der Waals surface area (Å²) in [6, 6.07) is 10.6. The largest absolute Gasteiger partial charge is 0.373 e. The van der Waals surface area contributed by atoms with E-state index in [1.165, 1.54) is 16.8 Å². The van der Waals surface area contributed by atoms with Crippen LogP contribution in [0.5, 0.6) is 0 Å². The minimum atomic E-state index is -2.48. The lowest BCUT2D eigenvalue weighted by Gasteiger charge is -2.39. The summed E-state index contributed by atoms with van der Waals surface area (Å²) in [6.45, 7) is 5.69. The summed E-state index contributed by atoms with van der Waals surface area (Å²) in [5.41, 5.74) is 3.44. The number of hydrogen-bond donors (Lipinski definition) is 1. The van der Waals surface area contributed by atoms with Crippen LogP contribution in [0.25, 0.3) is 10.9 Å². The van der Waals surface area contributed by atoms with Crippen molar-refractivity contribution >= 4 is 10.9 Å². The second kappa shape index (κ2) is 9.01. The number of piperidine rings is 1. The molecule has 1 aliphatic rings. The highest BCUT2D eigenvalue weighted by Gasteiger charge is 2.35. The minimum absolute atomic E-state index is 0.209. The van der Waals surface area contributed by atoms with Gasteiger partial charge in [0.15, 0.2) is 0 Å².